The Bertz CT molecular complexity index is 726. The molecule has 0 unspecified atom stereocenters. The number of aryl methyl sites for hydroxylation is 1. The standard InChI is InChI=1S/C18H21N3O2/c1-12-6-4-7-15(10-12)21-18(23)11-19-16-8-5-9-17(13(16)2)20-14(3)22/h4-10,19H,11H2,1-3H3,(H,20,22)(H,21,23). The van der Waals surface area contributed by atoms with E-state index >= 15 is 0 Å². The van der Waals surface area contributed by atoms with Crippen LogP contribution in [0.2, 0.25) is 0 Å². The van der Waals surface area contributed by atoms with E-state index in [0.29, 0.717) is 0 Å². The van der Waals surface area contributed by atoms with Crippen molar-refractivity contribution in [2.45, 2.75) is 20.8 Å². The molecule has 2 aromatic carbocycles. The van der Waals surface area contributed by atoms with Gasteiger partial charge in [-0.05, 0) is 49.2 Å². The third kappa shape index (κ3) is 4.85. The van der Waals surface area contributed by atoms with E-state index in [2.05, 4.69) is 16.0 Å². The zero-order valence-electron chi connectivity index (χ0n) is 13.6. The Balaban J connectivity index is 1.97. The minimum Gasteiger partial charge on any atom is -0.376 e. The van der Waals surface area contributed by atoms with Gasteiger partial charge < -0.3 is 16.0 Å². The fourth-order valence-corrected chi connectivity index (χ4v) is 2.26. The van der Waals surface area contributed by atoms with Crippen LogP contribution in [-0.4, -0.2) is 18.4 Å². The SMILES string of the molecule is CC(=O)Nc1cccc(NCC(=O)Nc2cccc(C)c2)c1C. The van der Waals surface area contributed by atoms with Gasteiger partial charge in [-0.1, -0.05) is 18.2 Å². The second kappa shape index (κ2) is 7.45. The molecule has 2 rings (SSSR count). The topological polar surface area (TPSA) is 70.2 Å². The van der Waals surface area contributed by atoms with Crippen molar-refractivity contribution in [3.05, 3.63) is 53.6 Å². The molecule has 0 saturated heterocycles. The number of anilines is 3. The number of hydrogen-bond acceptors (Lipinski definition) is 3. The molecule has 0 aliphatic rings. The van der Waals surface area contributed by atoms with Crippen molar-refractivity contribution < 1.29 is 9.59 Å². The van der Waals surface area contributed by atoms with Crippen molar-refractivity contribution in [3.63, 3.8) is 0 Å². The average Bonchev–Trinajstić information content (AvgIpc) is 2.48. The molecule has 0 fully saturated rings. The summed E-state index contributed by atoms with van der Waals surface area (Å²) in [5, 5.41) is 8.71. The number of carbonyl (C=O) groups is 2. The van der Waals surface area contributed by atoms with Gasteiger partial charge in [0.15, 0.2) is 0 Å². The molecule has 0 heterocycles. The van der Waals surface area contributed by atoms with Crippen LogP contribution in [-0.2, 0) is 9.59 Å². The van der Waals surface area contributed by atoms with Gasteiger partial charge in [-0.25, -0.2) is 0 Å². The van der Waals surface area contributed by atoms with Crippen LogP contribution in [0.1, 0.15) is 18.1 Å². The maximum Gasteiger partial charge on any atom is 0.243 e. The quantitative estimate of drug-likeness (QED) is 0.793. The summed E-state index contributed by atoms with van der Waals surface area (Å²) in [7, 11) is 0. The lowest BCUT2D eigenvalue weighted by Gasteiger charge is -2.13. The van der Waals surface area contributed by atoms with E-state index in [1.807, 2.05) is 56.3 Å². The lowest BCUT2D eigenvalue weighted by atomic mass is 10.1. The number of benzene rings is 2. The predicted octanol–water partition coefficient (Wildman–Crippen LogP) is 3.31. The summed E-state index contributed by atoms with van der Waals surface area (Å²) >= 11 is 0. The van der Waals surface area contributed by atoms with E-state index in [1.165, 1.54) is 6.92 Å². The Labute approximate surface area is 136 Å². The summed E-state index contributed by atoms with van der Waals surface area (Å²) < 4.78 is 0. The molecule has 3 N–H and O–H groups in total. The van der Waals surface area contributed by atoms with Gasteiger partial charge in [0.05, 0.1) is 6.54 Å². The molecule has 5 nitrogen and oxygen atoms in total. The zero-order valence-corrected chi connectivity index (χ0v) is 13.6. The van der Waals surface area contributed by atoms with E-state index in [9.17, 15) is 9.59 Å². The smallest absolute Gasteiger partial charge is 0.243 e. The van der Waals surface area contributed by atoms with E-state index < -0.39 is 0 Å². The lowest BCUT2D eigenvalue weighted by Crippen LogP contribution is -2.22. The molecular weight excluding hydrogens is 290 g/mol. The first-order chi connectivity index (χ1) is 11.0. The summed E-state index contributed by atoms with van der Waals surface area (Å²) in [6.07, 6.45) is 0. The molecule has 2 amide bonds. The lowest BCUT2D eigenvalue weighted by molar-refractivity contribution is -0.115. The fraction of sp³-hybridized carbons (Fsp3) is 0.222. The first-order valence-corrected chi connectivity index (χ1v) is 7.43. The Morgan fingerprint density at radius 1 is 0.957 bits per heavy atom. The highest BCUT2D eigenvalue weighted by Gasteiger charge is 2.07. The van der Waals surface area contributed by atoms with Gasteiger partial charge in [0.1, 0.15) is 0 Å². The summed E-state index contributed by atoms with van der Waals surface area (Å²) in [5.41, 5.74) is 4.32. The van der Waals surface area contributed by atoms with E-state index in [-0.39, 0.29) is 18.4 Å². The van der Waals surface area contributed by atoms with E-state index in [0.717, 1.165) is 28.2 Å². The van der Waals surface area contributed by atoms with Gasteiger partial charge >= 0.3 is 0 Å². The fourth-order valence-electron chi connectivity index (χ4n) is 2.26. The van der Waals surface area contributed by atoms with Crippen LogP contribution in [0, 0.1) is 13.8 Å². The van der Waals surface area contributed by atoms with Crippen molar-refractivity contribution in [1.29, 1.82) is 0 Å². The molecule has 0 bridgehead atoms. The van der Waals surface area contributed by atoms with Crippen LogP contribution in [0.4, 0.5) is 17.1 Å². The minimum atomic E-state index is -0.125. The first kappa shape index (κ1) is 16.5. The highest BCUT2D eigenvalue weighted by Crippen LogP contribution is 2.23. The second-order valence-electron chi connectivity index (χ2n) is 5.43. The van der Waals surface area contributed by atoms with Crippen molar-refractivity contribution in [2.24, 2.45) is 0 Å². The average molecular weight is 311 g/mol. The Morgan fingerprint density at radius 2 is 1.65 bits per heavy atom. The van der Waals surface area contributed by atoms with Gasteiger partial charge in [-0.3, -0.25) is 9.59 Å². The van der Waals surface area contributed by atoms with Crippen LogP contribution in [0.3, 0.4) is 0 Å². The van der Waals surface area contributed by atoms with Gasteiger partial charge in [-0.15, -0.1) is 0 Å². The van der Waals surface area contributed by atoms with Crippen LogP contribution in [0.25, 0.3) is 0 Å². The second-order valence-corrected chi connectivity index (χ2v) is 5.43. The van der Waals surface area contributed by atoms with E-state index in [4.69, 9.17) is 0 Å². The normalized spacial score (nSPS) is 10.0. The summed E-state index contributed by atoms with van der Waals surface area (Å²) in [6.45, 7) is 5.49. The molecule has 2 aromatic rings. The zero-order chi connectivity index (χ0) is 16.8. The third-order valence-electron chi connectivity index (χ3n) is 3.39. The molecule has 0 radical (unpaired) electrons. The number of rotatable bonds is 5. The van der Waals surface area contributed by atoms with Crippen LogP contribution in [0.5, 0.6) is 0 Å². The first-order valence-electron chi connectivity index (χ1n) is 7.43. The summed E-state index contributed by atoms with van der Waals surface area (Å²) in [6, 6.07) is 13.2. The van der Waals surface area contributed by atoms with Gasteiger partial charge in [0, 0.05) is 24.0 Å². The predicted molar refractivity (Wildman–Crippen MR) is 93.8 cm³/mol. The van der Waals surface area contributed by atoms with Crippen molar-refractivity contribution in [1.82, 2.24) is 0 Å². The molecule has 0 spiro atoms. The Hall–Kier alpha value is -2.82. The van der Waals surface area contributed by atoms with Gasteiger partial charge in [0.25, 0.3) is 0 Å². The molecule has 5 heteroatoms. The summed E-state index contributed by atoms with van der Waals surface area (Å²) in [4.78, 5) is 23.2. The number of hydrogen-bond donors (Lipinski definition) is 3. The van der Waals surface area contributed by atoms with E-state index in [1.54, 1.807) is 0 Å². The number of amides is 2. The molecule has 23 heavy (non-hydrogen) atoms. The molecule has 0 saturated carbocycles. The Kier molecular flexibility index (Phi) is 5.36. The molecule has 0 aliphatic heterocycles. The Morgan fingerprint density at radius 3 is 2.35 bits per heavy atom. The molecule has 0 aromatic heterocycles. The van der Waals surface area contributed by atoms with Crippen LogP contribution < -0.4 is 16.0 Å². The van der Waals surface area contributed by atoms with Crippen LogP contribution in [0.15, 0.2) is 42.5 Å². The van der Waals surface area contributed by atoms with Gasteiger partial charge in [0.2, 0.25) is 11.8 Å². The van der Waals surface area contributed by atoms with Gasteiger partial charge in [-0.2, -0.15) is 0 Å². The van der Waals surface area contributed by atoms with Crippen molar-refractivity contribution >= 4 is 28.9 Å². The number of carbonyl (C=O) groups excluding carboxylic acids is 2. The summed E-state index contributed by atoms with van der Waals surface area (Å²) in [5.74, 6) is -0.248. The highest BCUT2D eigenvalue weighted by molar-refractivity contribution is 5.94. The third-order valence-corrected chi connectivity index (χ3v) is 3.39. The maximum atomic E-state index is 12.0. The van der Waals surface area contributed by atoms with Crippen molar-refractivity contribution in [2.75, 3.05) is 22.5 Å². The highest BCUT2D eigenvalue weighted by atomic mass is 16.2. The number of nitrogens with one attached hydrogen (secondary N) is 3. The molecule has 120 valence electrons. The van der Waals surface area contributed by atoms with Crippen LogP contribution >= 0.6 is 0 Å². The maximum absolute atomic E-state index is 12.0. The largest absolute Gasteiger partial charge is 0.376 e. The molecule has 0 aliphatic carbocycles. The monoisotopic (exact) mass is 311 g/mol. The molecule has 0 atom stereocenters. The molecular formula is C18H21N3O2. The minimum absolute atomic E-state index is 0.123. The van der Waals surface area contributed by atoms with Crippen molar-refractivity contribution in [3.8, 4) is 0 Å².